The van der Waals surface area contributed by atoms with Gasteiger partial charge in [0, 0.05) is 19.5 Å². The fourth-order valence-electron chi connectivity index (χ4n) is 1.76. The predicted octanol–water partition coefficient (Wildman–Crippen LogP) is 1.11. The summed E-state index contributed by atoms with van der Waals surface area (Å²) < 4.78 is 0. The van der Waals surface area contributed by atoms with Gasteiger partial charge in [-0.3, -0.25) is 11.8 Å². The van der Waals surface area contributed by atoms with Crippen LogP contribution in [0.25, 0.3) is 0 Å². The topological polar surface area (TPSA) is 23.6 Å². The van der Waals surface area contributed by atoms with Crippen LogP contribution in [0.1, 0.15) is 26.2 Å². The Morgan fingerprint density at radius 3 is 2.54 bits per heavy atom. The van der Waals surface area contributed by atoms with E-state index in [9.17, 15) is 4.79 Å². The molecule has 13 heavy (non-hydrogen) atoms. The molecule has 1 aliphatic rings. The summed E-state index contributed by atoms with van der Waals surface area (Å²) in [5, 5.41) is 0. The minimum absolute atomic E-state index is 0.252. The molecule has 0 spiro atoms. The van der Waals surface area contributed by atoms with Gasteiger partial charge in [0.05, 0.1) is 0 Å². The van der Waals surface area contributed by atoms with Crippen LogP contribution in [0.5, 0.6) is 0 Å². The Labute approximate surface area is 80.7 Å². The predicted molar refractivity (Wildman–Crippen MR) is 53.0 cm³/mol. The van der Waals surface area contributed by atoms with Crippen molar-refractivity contribution >= 4 is 5.91 Å². The molecule has 0 N–H and O–H groups in total. The quantitative estimate of drug-likeness (QED) is 0.599. The second-order valence-electron chi connectivity index (χ2n) is 3.71. The van der Waals surface area contributed by atoms with E-state index >= 15 is 0 Å². The molecule has 0 aromatic carbocycles. The van der Waals surface area contributed by atoms with Crippen LogP contribution in [0, 0.1) is 7.05 Å². The Balaban J connectivity index is 2.39. The van der Waals surface area contributed by atoms with Crippen molar-refractivity contribution in [2.45, 2.75) is 32.2 Å². The van der Waals surface area contributed by atoms with E-state index in [2.05, 4.69) is 11.9 Å². The molecule has 0 radical (unpaired) electrons. The molecule has 0 saturated carbocycles. The second-order valence-corrected chi connectivity index (χ2v) is 3.71. The smallest absolute Gasteiger partial charge is 0.222 e. The maximum atomic E-state index is 11.4. The van der Waals surface area contributed by atoms with Crippen LogP contribution in [-0.4, -0.2) is 41.9 Å². The molecule has 1 aliphatic heterocycles. The van der Waals surface area contributed by atoms with Gasteiger partial charge in [-0.2, -0.15) is 0 Å². The first kappa shape index (κ1) is 10.5. The molecule has 1 rings (SSSR count). The molecule has 1 heterocycles. The molecule has 1 amide bonds. The number of carbonyl (C=O) groups excluding carboxylic acids is 1. The fraction of sp³-hybridized carbons (Fsp3) is 0.800. The molecule has 1 saturated heterocycles. The van der Waals surface area contributed by atoms with E-state index in [1.165, 1.54) is 0 Å². The van der Waals surface area contributed by atoms with Crippen LogP contribution in [0.2, 0.25) is 0 Å². The van der Waals surface area contributed by atoms with Crippen LogP contribution in [0.4, 0.5) is 0 Å². The Morgan fingerprint density at radius 1 is 1.54 bits per heavy atom. The lowest BCUT2D eigenvalue weighted by atomic mass is 10.0. The van der Waals surface area contributed by atoms with Gasteiger partial charge in [0.1, 0.15) is 0 Å². The zero-order valence-electron chi connectivity index (χ0n) is 8.62. The van der Waals surface area contributed by atoms with Gasteiger partial charge in [0.2, 0.25) is 5.91 Å². The van der Waals surface area contributed by atoms with Crippen LogP contribution in [-0.2, 0) is 4.79 Å². The van der Waals surface area contributed by atoms with Crippen molar-refractivity contribution in [1.82, 2.24) is 9.80 Å². The van der Waals surface area contributed by atoms with Gasteiger partial charge in [-0.25, -0.2) is 0 Å². The van der Waals surface area contributed by atoms with E-state index in [0.29, 0.717) is 12.5 Å². The highest BCUT2D eigenvalue weighted by molar-refractivity contribution is 5.75. The van der Waals surface area contributed by atoms with Crippen molar-refractivity contribution in [3.05, 3.63) is 7.05 Å². The Bertz CT molecular complexity index is 174. The van der Waals surface area contributed by atoms with Crippen LogP contribution < -0.4 is 0 Å². The molecule has 0 atom stereocenters. The lowest BCUT2D eigenvalue weighted by molar-refractivity contribution is -0.132. The number of carbonyl (C=O) groups is 1. The number of nitrogens with zero attached hydrogens (tertiary/aromatic N) is 2. The molecule has 3 heteroatoms. The van der Waals surface area contributed by atoms with Crippen LogP contribution in [0.3, 0.4) is 0 Å². The second kappa shape index (κ2) is 4.61. The van der Waals surface area contributed by atoms with Crippen molar-refractivity contribution in [3.63, 3.8) is 0 Å². The molecule has 76 valence electrons. The molecule has 0 unspecified atom stereocenters. The monoisotopic (exact) mass is 183 g/mol. The first-order valence-corrected chi connectivity index (χ1v) is 4.96. The number of hydrogen-bond donors (Lipinski definition) is 0. The Hall–Kier alpha value is -0.570. The summed E-state index contributed by atoms with van der Waals surface area (Å²) in [6, 6.07) is 0.436. The average molecular weight is 183 g/mol. The first-order valence-electron chi connectivity index (χ1n) is 4.96. The summed E-state index contributed by atoms with van der Waals surface area (Å²) >= 11 is 0. The van der Waals surface area contributed by atoms with Crippen molar-refractivity contribution in [2.75, 3.05) is 20.1 Å². The summed E-state index contributed by atoms with van der Waals surface area (Å²) in [5.41, 5.74) is 0. The largest absolute Gasteiger partial charge is 0.459 e. The highest BCUT2D eigenvalue weighted by Crippen LogP contribution is 2.14. The molecule has 0 aliphatic carbocycles. The van der Waals surface area contributed by atoms with Gasteiger partial charge in [-0.1, -0.05) is 6.92 Å². The molecular weight excluding hydrogens is 164 g/mol. The van der Waals surface area contributed by atoms with Crippen LogP contribution >= 0.6 is 0 Å². The highest BCUT2D eigenvalue weighted by Gasteiger charge is 2.20. The van der Waals surface area contributed by atoms with E-state index in [-0.39, 0.29) is 5.91 Å². The van der Waals surface area contributed by atoms with Crippen molar-refractivity contribution in [3.8, 4) is 0 Å². The molecule has 0 bridgehead atoms. The third-order valence-corrected chi connectivity index (χ3v) is 2.80. The number of hydrogen-bond acceptors (Lipinski definition) is 2. The van der Waals surface area contributed by atoms with E-state index < -0.39 is 0 Å². The normalized spacial score (nSPS) is 20.2. The van der Waals surface area contributed by atoms with Crippen molar-refractivity contribution in [2.24, 2.45) is 0 Å². The lowest BCUT2D eigenvalue weighted by Crippen LogP contribution is -2.43. The summed E-state index contributed by atoms with van der Waals surface area (Å²) in [7, 11) is 5.80. The zero-order valence-corrected chi connectivity index (χ0v) is 8.62. The molecular formula is C10H19N2O-. The van der Waals surface area contributed by atoms with E-state index in [1.807, 2.05) is 18.9 Å². The third-order valence-electron chi connectivity index (χ3n) is 2.80. The SMILES string of the molecule is [CH2-]N1CCC(N(C)C(=O)CC)CC1. The first-order chi connectivity index (χ1) is 6.15. The fourth-order valence-corrected chi connectivity index (χ4v) is 1.76. The summed E-state index contributed by atoms with van der Waals surface area (Å²) in [6.07, 6.45) is 2.73. The van der Waals surface area contributed by atoms with Crippen molar-refractivity contribution < 1.29 is 4.79 Å². The number of piperidine rings is 1. The Kier molecular flexibility index (Phi) is 3.72. The van der Waals surface area contributed by atoms with Gasteiger partial charge >= 0.3 is 0 Å². The molecule has 3 nitrogen and oxygen atoms in total. The Morgan fingerprint density at radius 2 is 2.08 bits per heavy atom. The van der Waals surface area contributed by atoms with E-state index in [4.69, 9.17) is 0 Å². The van der Waals surface area contributed by atoms with Gasteiger partial charge in [-0.15, -0.1) is 0 Å². The zero-order chi connectivity index (χ0) is 9.84. The van der Waals surface area contributed by atoms with Crippen molar-refractivity contribution in [1.29, 1.82) is 0 Å². The van der Waals surface area contributed by atoms with Gasteiger partial charge < -0.3 is 9.80 Å². The maximum Gasteiger partial charge on any atom is 0.222 e. The summed E-state index contributed by atoms with van der Waals surface area (Å²) in [6.45, 7) is 3.92. The molecule has 1 fully saturated rings. The lowest BCUT2D eigenvalue weighted by Gasteiger charge is -2.38. The van der Waals surface area contributed by atoms with E-state index in [1.54, 1.807) is 0 Å². The number of likely N-dealkylation sites (tertiary alicyclic amines) is 1. The van der Waals surface area contributed by atoms with Gasteiger partial charge in [0.15, 0.2) is 0 Å². The van der Waals surface area contributed by atoms with Gasteiger partial charge in [-0.05, 0) is 25.9 Å². The van der Waals surface area contributed by atoms with E-state index in [0.717, 1.165) is 25.9 Å². The van der Waals surface area contributed by atoms with Gasteiger partial charge in [0.25, 0.3) is 0 Å². The van der Waals surface area contributed by atoms with Crippen LogP contribution in [0.15, 0.2) is 0 Å². The summed E-state index contributed by atoms with van der Waals surface area (Å²) in [4.78, 5) is 15.4. The number of rotatable bonds is 2. The standard InChI is InChI=1S/C10H19N2O/c1-4-10(13)12(3)9-5-7-11(2)8-6-9/h9H,2,4-8H2,1,3H3/q-1. The summed E-state index contributed by atoms with van der Waals surface area (Å²) in [5.74, 6) is 0.252. The molecule has 0 aromatic heterocycles. The number of amides is 1. The minimum Gasteiger partial charge on any atom is -0.459 e. The highest BCUT2D eigenvalue weighted by atomic mass is 16.2. The third kappa shape index (κ3) is 2.69. The maximum absolute atomic E-state index is 11.4. The molecule has 0 aromatic rings. The minimum atomic E-state index is 0.252. The average Bonchev–Trinajstić information content (AvgIpc) is 2.17.